The summed E-state index contributed by atoms with van der Waals surface area (Å²) in [5, 5.41) is 0. The third-order valence-electron chi connectivity index (χ3n) is 1.93. The van der Waals surface area contributed by atoms with Gasteiger partial charge in [-0.3, -0.25) is 0 Å². The van der Waals surface area contributed by atoms with Crippen molar-refractivity contribution >= 4 is 5.97 Å². The Morgan fingerprint density at radius 2 is 1.94 bits per heavy atom. The number of likely N-dealkylation sites (N-methyl/N-ethyl adjacent to an activating group) is 1. The quantitative estimate of drug-likeness (QED) is 0.376. The number of ether oxygens (including phenoxy) is 2. The van der Waals surface area contributed by atoms with Crippen molar-refractivity contribution < 1.29 is 14.3 Å². The molecular weight excluding hydrogens is 206 g/mol. The summed E-state index contributed by atoms with van der Waals surface area (Å²) in [7, 11) is 3.59. The molecule has 0 amide bonds. The fourth-order valence-electron chi connectivity index (χ4n) is 1.24. The summed E-state index contributed by atoms with van der Waals surface area (Å²) in [4.78, 5) is 13.4. The van der Waals surface area contributed by atoms with Gasteiger partial charge in [0.1, 0.15) is 5.70 Å². The van der Waals surface area contributed by atoms with Crippen LogP contribution in [0.2, 0.25) is 0 Å². The second-order valence-corrected chi connectivity index (χ2v) is 3.33. The highest BCUT2D eigenvalue weighted by atomic mass is 16.5. The van der Waals surface area contributed by atoms with Crippen LogP contribution in [0.15, 0.2) is 23.9 Å². The summed E-state index contributed by atoms with van der Waals surface area (Å²) in [6.45, 7) is 8.69. The first kappa shape index (κ1) is 14.7. The van der Waals surface area contributed by atoms with Crippen molar-refractivity contribution in [1.82, 2.24) is 4.90 Å². The summed E-state index contributed by atoms with van der Waals surface area (Å²) in [6, 6.07) is 0. The van der Waals surface area contributed by atoms with Gasteiger partial charge in [0.25, 0.3) is 0 Å². The van der Waals surface area contributed by atoms with E-state index in [1.54, 1.807) is 32.0 Å². The molecular formula is C12H21NO3. The molecule has 0 bridgehead atoms. The zero-order valence-electron chi connectivity index (χ0n) is 10.6. The van der Waals surface area contributed by atoms with E-state index in [0.29, 0.717) is 25.5 Å². The molecule has 0 aliphatic rings. The van der Waals surface area contributed by atoms with Crippen LogP contribution in [0.4, 0.5) is 0 Å². The van der Waals surface area contributed by atoms with Crippen molar-refractivity contribution in [3.05, 3.63) is 23.9 Å². The van der Waals surface area contributed by atoms with Gasteiger partial charge in [0.15, 0.2) is 0 Å². The van der Waals surface area contributed by atoms with Crippen LogP contribution < -0.4 is 0 Å². The fraction of sp³-hybridized carbons (Fsp3) is 0.583. The SMILES string of the molecule is C=CC(COCC)=C(C(=O)OCC)N(C)C. The van der Waals surface area contributed by atoms with Crippen LogP contribution in [0, 0.1) is 0 Å². The van der Waals surface area contributed by atoms with E-state index in [2.05, 4.69) is 6.58 Å². The van der Waals surface area contributed by atoms with Gasteiger partial charge in [-0.15, -0.1) is 0 Å². The maximum absolute atomic E-state index is 11.7. The van der Waals surface area contributed by atoms with Crippen molar-refractivity contribution in [2.24, 2.45) is 0 Å². The third kappa shape index (κ3) is 4.49. The van der Waals surface area contributed by atoms with Crippen molar-refractivity contribution in [2.45, 2.75) is 13.8 Å². The van der Waals surface area contributed by atoms with Crippen molar-refractivity contribution in [3.8, 4) is 0 Å². The number of carbonyl (C=O) groups excluding carboxylic acids is 1. The van der Waals surface area contributed by atoms with E-state index in [4.69, 9.17) is 9.47 Å². The Hall–Kier alpha value is -1.29. The molecule has 16 heavy (non-hydrogen) atoms. The van der Waals surface area contributed by atoms with Gasteiger partial charge in [0.2, 0.25) is 0 Å². The standard InChI is InChI=1S/C12H21NO3/c1-6-10(9-15-7-2)11(13(4)5)12(14)16-8-3/h6H,1,7-9H2,2-5H3. The average molecular weight is 227 g/mol. The van der Waals surface area contributed by atoms with Gasteiger partial charge in [0.05, 0.1) is 13.2 Å². The van der Waals surface area contributed by atoms with Crippen LogP contribution >= 0.6 is 0 Å². The fourth-order valence-corrected chi connectivity index (χ4v) is 1.24. The van der Waals surface area contributed by atoms with E-state index >= 15 is 0 Å². The van der Waals surface area contributed by atoms with Gasteiger partial charge < -0.3 is 14.4 Å². The molecule has 0 aromatic rings. The second kappa shape index (κ2) is 7.93. The largest absolute Gasteiger partial charge is 0.461 e. The van der Waals surface area contributed by atoms with Crippen molar-refractivity contribution in [1.29, 1.82) is 0 Å². The van der Waals surface area contributed by atoms with Gasteiger partial charge in [-0.2, -0.15) is 0 Å². The first-order chi connectivity index (χ1) is 7.58. The number of carbonyl (C=O) groups is 1. The highest BCUT2D eigenvalue weighted by Crippen LogP contribution is 2.11. The molecule has 0 heterocycles. The minimum atomic E-state index is -0.345. The maximum atomic E-state index is 11.7. The lowest BCUT2D eigenvalue weighted by Gasteiger charge is -2.19. The molecule has 0 saturated heterocycles. The molecule has 0 aliphatic heterocycles. The lowest BCUT2D eigenvalue weighted by Crippen LogP contribution is -2.24. The summed E-state index contributed by atoms with van der Waals surface area (Å²) < 4.78 is 10.3. The normalized spacial score (nSPS) is 11.8. The third-order valence-corrected chi connectivity index (χ3v) is 1.93. The number of esters is 1. The number of rotatable bonds is 7. The Bertz CT molecular complexity index is 269. The molecule has 0 N–H and O–H groups in total. The smallest absolute Gasteiger partial charge is 0.354 e. The van der Waals surface area contributed by atoms with Crippen LogP contribution in [0.25, 0.3) is 0 Å². The first-order valence-electron chi connectivity index (χ1n) is 5.36. The Morgan fingerprint density at radius 1 is 1.31 bits per heavy atom. The summed E-state index contributed by atoms with van der Waals surface area (Å²) in [5.41, 5.74) is 1.23. The molecule has 92 valence electrons. The molecule has 0 saturated carbocycles. The Balaban J connectivity index is 4.99. The predicted molar refractivity (Wildman–Crippen MR) is 64.0 cm³/mol. The van der Waals surface area contributed by atoms with Gasteiger partial charge in [0, 0.05) is 26.3 Å². The Labute approximate surface area is 97.5 Å². The van der Waals surface area contributed by atoms with Crippen molar-refractivity contribution in [3.63, 3.8) is 0 Å². The van der Waals surface area contributed by atoms with Crippen LogP contribution in [-0.4, -0.2) is 44.8 Å². The minimum Gasteiger partial charge on any atom is -0.461 e. The lowest BCUT2D eigenvalue weighted by molar-refractivity contribution is -0.140. The molecule has 0 radical (unpaired) electrons. The lowest BCUT2D eigenvalue weighted by atomic mass is 10.2. The maximum Gasteiger partial charge on any atom is 0.354 e. The zero-order chi connectivity index (χ0) is 12.6. The molecule has 0 spiro atoms. The predicted octanol–water partition coefficient (Wildman–Crippen LogP) is 1.59. The van der Waals surface area contributed by atoms with E-state index in [-0.39, 0.29) is 5.97 Å². The molecule has 0 rings (SSSR count). The highest BCUT2D eigenvalue weighted by molar-refractivity contribution is 5.89. The molecule has 0 unspecified atom stereocenters. The monoisotopic (exact) mass is 227 g/mol. The topological polar surface area (TPSA) is 38.8 Å². The van der Waals surface area contributed by atoms with Gasteiger partial charge in [-0.25, -0.2) is 4.79 Å². The molecule has 0 atom stereocenters. The van der Waals surface area contributed by atoms with Crippen molar-refractivity contribution in [2.75, 3.05) is 33.9 Å². The number of hydrogen-bond donors (Lipinski definition) is 0. The molecule has 0 fully saturated rings. The first-order valence-corrected chi connectivity index (χ1v) is 5.36. The molecule has 4 heteroatoms. The Morgan fingerprint density at radius 3 is 2.31 bits per heavy atom. The second-order valence-electron chi connectivity index (χ2n) is 3.33. The molecule has 4 nitrogen and oxygen atoms in total. The Kier molecular flexibility index (Phi) is 7.29. The molecule has 0 aromatic carbocycles. The summed E-state index contributed by atoms with van der Waals surface area (Å²) in [6.07, 6.45) is 1.63. The van der Waals surface area contributed by atoms with Crippen LogP contribution in [0.1, 0.15) is 13.8 Å². The molecule has 0 aromatic heterocycles. The highest BCUT2D eigenvalue weighted by Gasteiger charge is 2.17. The van der Waals surface area contributed by atoms with E-state index in [1.165, 1.54) is 0 Å². The number of nitrogens with zero attached hydrogens (tertiary/aromatic N) is 1. The van der Waals surface area contributed by atoms with Crippen LogP contribution in [-0.2, 0) is 14.3 Å². The van der Waals surface area contributed by atoms with E-state index in [1.807, 2.05) is 6.92 Å². The number of hydrogen-bond acceptors (Lipinski definition) is 4. The van der Waals surface area contributed by atoms with E-state index in [9.17, 15) is 4.79 Å². The van der Waals surface area contributed by atoms with Gasteiger partial charge in [-0.1, -0.05) is 12.7 Å². The van der Waals surface area contributed by atoms with E-state index in [0.717, 1.165) is 5.57 Å². The van der Waals surface area contributed by atoms with E-state index < -0.39 is 0 Å². The van der Waals surface area contributed by atoms with Gasteiger partial charge >= 0.3 is 5.97 Å². The zero-order valence-corrected chi connectivity index (χ0v) is 10.6. The minimum absolute atomic E-state index is 0.345. The summed E-state index contributed by atoms with van der Waals surface area (Å²) >= 11 is 0. The average Bonchev–Trinajstić information content (AvgIpc) is 2.23. The van der Waals surface area contributed by atoms with Crippen LogP contribution in [0.3, 0.4) is 0 Å². The van der Waals surface area contributed by atoms with Crippen LogP contribution in [0.5, 0.6) is 0 Å². The molecule has 0 aliphatic carbocycles. The summed E-state index contributed by atoms with van der Waals surface area (Å²) in [5.74, 6) is -0.345. The van der Waals surface area contributed by atoms with Gasteiger partial charge in [-0.05, 0) is 13.8 Å².